The first kappa shape index (κ1) is 18.0. The predicted octanol–water partition coefficient (Wildman–Crippen LogP) is 5.39. The summed E-state index contributed by atoms with van der Waals surface area (Å²) >= 11 is 0. The average molecular weight is 343 g/mol. The molecule has 3 rings (SSSR count). The Balaban J connectivity index is 2.19. The summed E-state index contributed by atoms with van der Waals surface area (Å²) in [5, 5.41) is 0. The molecule has 2 N–H and O–H groups in total. The molecule has 0 aromatic heterocycles. The summed E-state index contributed by atoms with van der Waals surface area (Å²) in [6.07, 6.45) is 0.821. The van der Waals surface area contributed by atoms with Crippen molar-refractivity contribution < 1.29 is 4.74 Å². The van der Waals surface area contributed by atoms with Crippen LogP contribution in [0.1, 0.15) is 30.0 Å². The molecule has 0 fully saturated rings. The van der Waals surface area contributed by atoms with Crippen molar-refractivity contribution in [3.05, 3.63) is 102 Å². The molecule has 0 radical (unpaired) electrons. The fourth-order valence-corrected chi connectivity index (χ4v) is 3.20. The van der Waals surface area contributed by atoms with E-state index in [1.54, 1.807) is 0 Å². The van der Waals surface area contributed by atoms with Crippen LogP contribution in [-0.2, 0) is 0 Å². The molecule has 0 amide bonds. The lowest BCUT2D eigenvalue weighted by molar-refractivity contribution is 0.340. The number of nitrogens with two attached hydrogens (primary N) is 1. The van der Waals surface area contributed by atoms with Crippen LogP contribution >= 0.6 is 0 Å². The molecule has 0 spiro atoms. The Hall–Kier alpha value is -2.84. The molecule has 0 heterocycles. The van der Waals surface area contributed by atoms with Crippen molar-refractivity contribution in [1.82, 2.24) is 0 Å². The zero-order valence-corrected chi connectivity index (χ0v) is 15.2. The second-order valence-electron chi connectivity index (χ2n) is 6.08. The van der Waals surface area contributed by atoms with Gasteiger partial charge < -0.3 is 10.5 Å². The monoisotopic (exact) mass is 343 g/mol. The summed E-state index contributed by atoms with van der Waals surface area (Å²) in [5.74, 6) is 0.892. The molecule has 0 saturated heterocycles. The van der Waals surface area contributed by atoms with Crippen LogP contribution in [0.25, 0.3) is 11.1 Å². The average Bonchev–Trinajstić information content (AvgIpc) is 2.70. The Morgan fingerprint density at radius 3 is 1.81 bits per heavy atom. The van der Waals surface area contributed by atoms with Crippen LogP contribution in [0, 0.1) is 0 Å². The number of ether oxygens (including phenoxy) is 1. The molecule has 0 saturated carbocycles. The topological polar surface area (TPSA) is 35.2 Å². The highest BCUT2D eigenvalue weighted by molar-refractivity contribution is 5.98. The number of rotatable bonds is 7. The molecule has 0 unspecified atom stereocenters. The number of hydrogen-bond donors (Lipinski definition) is 1. The highest BCUT2D eigenvalue weighted by Crippen LogP contribution is 2.34. The molecule has 0 aliphatic heterocycles. The van der Waals surface area contributed by atoms with Crippen molar-refractivity contribution in [3.63, 3.8) is 0 Å². The minimum absolute atomic E-state index is 0.609. The van der Waals surface area contributed by atoms with Gasteiger partial charge in [0, 0.05) is 0 Å². The quantitative estimate of drug-likeness (QED) is 0.584. The van der Waals surface area contributed by atoms with E-state index >= 15 is 0 Å². The Morgan fingerprint density at radius 2 is 1.27 bits per heavy atom. The molecule has 26 heavy (non-hydrogen) atoms. The fraction of sp³-hybridized carbons (Fsp3) is 0.167. The zero-order chi connectivity index (χ0) is 18.2. The van der Waals surface area contributed by atoms with Gasteiger partial charge in [-0.15, -0.1) is 0 Å². The minimum atomic E-state index is 0.609. The zero-order valence-electron chi connectivity index (χ0n) is 15.2. The van der Waals surface area contributed by atoms with Gasteiger partial charge in [-0.3, -0.25) is 0 Å². The Morgan fingerprint density at radius 1 is 0.731 bits per heavy atom. The number of hydrogen-bond acceptors (Lipinski definition) is 2. The molecular formula is C24H25NO. The summed E-state index contributed by atoms with van der Waals surface area (Å²) in [4.78, 5) is 0. The predicted molar refractivity (Wildman–Crippen MR) is 110 cm³/mol. The van der Waals surface area contributed by atoms with Crippen LogP contribution < -0.4 is 10.5 Å². The van der Waals surface area contributed by atoms with Gasteiger partial charge in [0.25, 0.3) is 0 Å². The van der Waals surface area contributed by atoms with Gasteiger partial charge in [0.05, 0.1) is 6.61 Å². The highest BCUT2D eigenvalue weighted by Gasteiger charge is 2.13. The maximum Gasteiger partial charge on any atom is 0.119 e. The van der Waals surface area contributed by atoms with E-state index in [0.29, 0.717) is 13.2 Å². The smallest absolute Gasteiger partial charge is 0.119 e. The maximum absolute atomic E-state index is 5.97. The third-order valence-electron chi connectivity index (χ3n) is 4.33. The van der Waals surface area contributed by atoms with E-state index in [4.69, 9.17) is 10.5 Å². The van der Waals surface area contributed by atoms with Gasteiger partial charge >= 0.3 is 0 Å². The van der Waals surface area contributed by atoms with E-state index in [1.807, 2.05) is 31.2 Å². The summed E-state index contributed by atoms with van der Waals surface area (Å²) < 4.78 is 5.60. The first-order chi connectivity index (χ1) is 12.8. The van der Waals surface area contributed by atoms with E-state index in [9.17, 15) is 0 Å². The van der Waals surface area contributed by atoms with Crippen molar-refractivity contribution in [3.8, 4) is 5.75 Å². The van der Waals surface area contributed by atoms with Gasteiger partial charge in [-0.25, -0.2) is 0 Å². The maximum atomic E-state index is 5.97. The third-order valence-corrected chi connectivity index (χ3v) is 4.33. The summed E-state index contributed by atoms with van der Waals surface area (Å²) in [7, 11) is 0. The fourth-order valence-electron chi connectivity index (χ4n) is 3.20. The van der Waals surface area contributed by atoms with E-state index in [0.717, 1.165) is 12.2 Å². The van der Waals surface area contributed by atoms with Crippen LogP contribution in [0.15, 0.2) is 84.9 Å². The van der Waals surface area contributed by atoms with Gasteiger partial charge in [0.15, 0.2) is 0 Å². The minimum Gasteiger partial charge on any atom is -0.494 e. The summed E-state index contributed by atoms with van der Waals surface area (Å²) in [5.41, 5.74) is 12.0. The molecule has 0 aliphatic carbocycles. The van der Waals surface area contributed by atoms with Crippen molar-refractivity contribution in [2.45, 2.75) is 13.3 Å². The molecule has 2 nitrogen and oxygen atoms in total. The van der Waals surface area contributed by atoms with E-state index in [1.165, 1.54) is 27.8 Å². The van der Waals surface area contributed by atoms with Crippen molar-refractivity contribution >= 4 is 11.1 Å². The van der Waals surface area contributed by atoms with Gasteiger partial charge in [-0.1, -0.05) is 72.8 Å². The largest absolute Gasteiger partial charge is 0.494 e. The lowest BCUT2D eigenvalue weighted by Crippen LogP contribution is -2.03. The van der Waals surface area contributed by atoms with Crippen molar-refractivity contribution in [2.75, 3.05) is 13.2 Å². The molecule has 3 aromatic carbocycles. The molecule has 3 aromatic rings. The SMILES string of the molecule is CCOc1ccc(/C(=C(/CCN)c2ccccc2)c2ccccc2)cc1. The molecule has 0 bridgehead atoms. The summed E-state index contributed by atoms with van der Waals surface area (Å²) in [6, 6.07) is 29.4. The van der Waals surface area contributed by atoms with Crippen LogP contribution in [0.5, 0.6) is 5.75 Å². The van der Waals surface area contributed by atoms with Crippen LogP contribution in [-0.4, -0.2) is 13.2 Å². The number of benzene rings is 3. The first-order valence-corrected chi connectivity index (χ1v) is 9.10. The van der Waals surface area contributed by atoms with Crippen LogP contribution in [0.4, 0.5) is 0 Å². The Bertz CT molecular complexity index is 836. The Kier molecular flexibility index (Phi) is 6.24. The second-order valence-corrected chi connectivity index (χ2v) is 6.08. The van der Waals surface area contributed by atoms with Crippen LogP contribution in [0.3, 0.4) is 0 Å². The molecule has 2 heteroatoms. The second kappa shape index (κ2) is 9.02. The Labute approximate surface area is 155 Å². The van der Waals surface area contributed by atoms with Crippen LogP contribution in [0.2, 0.25) is 0 Å². The standard InChI is InChI=1S/C24H25NO/c1-2-26-22-15-13-21(14-16-22)24(20-11-7-4-8-12-20)23(17-18-25)19-9-5-3-6-10-19/h3-16H,2,17-18,25H2,1H3/b24-23-. The molecule has 0 aliphatic rings. The highest BCUT2D eigenvalue weighted by atomic mass is 16.5. The molecule has 0 atom stereocenters. The normalized spacial score (nSPS) is 11.8. The van der Waals surface area contributed by atoms with E-state index < -0.39 is 0 Å². The van der Waals surface area contributed by atoms with Crippen molar-refractivity contribution in [2.24, 2.45) is 5.73 Å². The van der Waals surface area contributed by atoms with E-state index in [-0.39, 0.29) is 0 Å². The lowest BCUT2D eigenvalue weighted by Gasteiger charge is -2.17. The summed E-state index contributed by atoms with van der Waals surface area (Å²) in [6.45, 7) is 3.28. The lowest BCUT2D eigenvalue weighted by atomic mass is 9.88. The van der Waals surface area contributed by atoms with Gasteiger partial charge in [-0.05, 0) is 59.9 Å². The third kappa shape index (κ3) is 4.22. The molecule has 132 valence electrons. The van der Waals surface area contributed by atoms with Crippen molar-refractivity contribution in [1.29, 1.82) is 0 Å². The van der Waals surface area contributed by atoms with Gasteiger partial charge in [0.1, 0.15) is 5.75 Å². The van der Waals surface area contributed by atoms with Gasteiger partial charge in [-0.2, -0.15) is 0 Å². The van der Waals surface area contributed by atoms with E-state index in [2.05, 4.69) is 60.7 Å². The first-order valence-electron chi connectivity index (χ1n) is 9.10. The van der Waals surface area contributed by atoms with Gasteiger partial charge in [0.2, 0.25) is 0 Å². The molecular weight excluding hydrogens is 318 g/mol.